The molecule has 8 nitrogen and oxygen atoms in total. The first-order valence-corrected chi connectivity index (χ1v) is 11.3. The highest BCUT2D eigenvalue weighted by atomic mass is 16.5. The zero-order valence-electron chi connectivity index (χ0n) is 18.1. The number of hydrogen-bond donors (Lipinski definition) is 2. The minimum atomic E-state index is -0.308. The normalized spacial score (nSPS) is 20.1. The predicted octanol–water partition coefficient (Wildman–Crippen LogP) is 2.72. The molecule has 8 heteroatoms. The Bertz CT molecular complexity index is 988. The van der Waals surface area contributed by atoms with Crippen LogP contribution in [0.25, 0.3) is 0 Å². The van der Waals surface area contributed by atoms with Crippen molar-refractivity contribution in [3.05, 3.63) is 34.9 Å². The summed E-state index contributed by atoms with van der Waals surface area (Å²) in [5.74, 6) is 0.847. The van der Waals surface area contributed by atoms with Crippen molar-refractivity contribution in [3.8, 4) is 6.01 Å². The molecule has 3 aliphatic heterocycles. The van der Waals surface area contributed by atoms with Crippen molar-refractivity contribution in [2.75, 3.05) is 35.6 Å². The molecule has 1 aromatic heterocycles. The van der Waals surface area contributed by atoms with Gasteiger partial charge in [-0.25, -0.2) is 0 Å². The number of hydrogen-bond acceptors (Lipinski definition) is 7. The van der Waals surface area contributed by atoms with Gasteiger partial charge < -0.3 is 20.7 Å². The summed E-state index contributed by atoms with van der Waals surface area (Å²) in [6.07, 6.45) is 5.17. The summed E-state index contributed by atoms with van der Waals surface area (Å²) in [4.78, 5) is 26.4. The van der Waals surface area contributed by atoms with Crippen LogP contribution in [-0.2, 0) is 24.3 Å². The van der Waals surface area contributed by atoms with E-state index in [2.05, 4.69) is 50.2 Å². The van der Waals surface area contributed by atoms with Gasteiger partial charge in [0.05, 0.1) is 6.61 Å². The summed E-state index contributed by atoms with van der Waals surface area (Å²) in [7, 11) is 0. The van der Waals surface area contributed by atoms with Gasteiger partial charge >= 0.3 is 6.01 Å². The maximum absolute atomic E-state index is 13.0. The Labute approximate surface area is 182 Å². The van der Waals surface area contributed by atoms with Crippen molar-refractivity contribution in [2.24, 2.45) is 0 Å². The van der Waals surface area contributed by atoms with Crippen molar-refractivity contribution >= 4 is 23.2 Å². The Morgan fingerprint density at radius 3 is 2.90 bits per heavy atom. The van der Waals surface area contributed by atoms with E-state index < -0.39 is 0 Å². The summed E-state index contributed by atoms with van der Waals surface area (Å²) in [6.45, 7) is 6.55. The number of carbonyl (C=O) groups is 1. The molecule has 1 fully saturated rings. The number of amides is 1. The molecule has 0 aliphatic carbocycles. The van der Waals surface area contributed by atoms with Gasteiger partial charge in [-0.3, -0.25) is 9.69 Å². The van der Waals surface area contributed by atoms with E-state index in [1.54, 1.807) is 0 Å². The summed E-state index contributed by atoms with van der Waals surface area (Å²) in [5, 5.41) is 2.95. The third-order valence-electron chi connectivity index (χ3n) is 6.53. The molecule has 164 valence electrons. The average Bonchev–Trinajstić information content (AvgIpc) is 3.27. The lowest BCUT2D eigenvalue weighted by atomic mass is 9.88. The molecule has 0 saturated carbocycles. The van der Waals surface area contributed by atoms with Gasteiger partial charge in [-0.05, 0) is 49.0 Å². The van der Waals surface area contributed by atoms with Gasteiger partial charge in [0.25, 0.3) is 0 Å². The number of likely N-dealkylation sites (tertiary alicyclic amines) is 1. The summed E-state index contributed by atoms with van der Waals surface area (Å²) >= 11 is 0. The van der Waals surface area contributed by atoms with Crippen molar-refractivity contribution in [1.82, 2.24) is 14.9 Å². The molecular formula is C23H30N6O2. The van der Waals surface area contributed by atoms with E-state index in [1.807, 2.05) is 0 Å². The number of nitrogens with zero attached hydrogens (tertiary/aromatic N) is 4. The fourth-order valence-electron chi connectivity index (χ4n) is 4.83. The zero-order chi connectivity index (χ0) is 21.4. The van der Waals surface area contributed by atoms with Crippen LogP contribution in [0.15, 0.2) is 18.2 Å². The molecule has 4 heterocycles. The second-order valence-electron chi connectivity index (χ2n) is 8.67. The predicted molar refractivity (Wildman–Crippen MR) is 120 cm³/mol. The number of benzene rings is 1. The molecule has 31 heavy (non-hydrogen) atoms. The number of fused-ring (bicyclic) bond motifs is 4. The Morgan fingerprint density at radius 1 is 1.26 bits per heavy atom. The Hall–Kier alpha value is -2.87. The van der Waals surface area contributed by atoms with Crippen LogP contribution in [0.1, 0.15) is 49.3 Å². The molecule has 3 N–H and O–H groups in total. The largest absolute Gasteiger partial charge is 0.463 e. The Kier molecular flexibility index (Phi) is 5.40. The standard InChI is InChI=1S/C23H30N6O2/c1-2-3-11-31-23-26-20(24)19-21(27-23)29-14-16-8-6-7-15(13-28-9-4-5-10-28)17(16)12-18(29)22(30)25-19/h6-8,18H,2-5,9-14H2,1H3,(H,25,30)(H2,24,26,27). The van der Waals surface area contributed by atoms with Crippen LogP contribution < -0.4 is 20.7 Å². The van der Waals surface area contributed by atoms with Crippen LogP contribution in [0, 0.1) is 0 Å². The molecule has 1 amide bonds. The molecule has 1 unspecified atom stereocenters. The van der Waals surface area contributed by atoms with Crippen LogP contribution in [0.5, 0.6) is 6.01 Å². The number of unbranched alkanes of at least 4 members (excludes halogenated alkanes) is 1. The van der Waals surface area contributed by atoms with E-state index in [0.29, 0.717) is 31.1 Å². The maximum Gasteiger partial charge on any atom is 0.320 e. The first kappa shape index (κ1) is 20.1. The molecule has 1 saturated heterocycles. The summed E-state index contributed by atoms with van der Waals surface area (Å²) in [5.41, 5.74) is 10.5. The molecular weight excluding hydrogens is 392 g/mol. The van der Waals surface area contributed by atoms with Crippen molar-refractivity contribution < 1.29 is 9.53 Å². The third kappa shape index (κ3) is 3.80. The fourth-order valence-corrected chi connectivity index (χ4v) is 4.83. The number of ether oxygens (including phenoxy) is 1. The number of nitrogens with one attached hydrogen (secondary N) is 1. The number of aromatic nitrogens is 2. The van der Waals surface area contributed by atoms with Gasteiger partial charge in [0, 0.05) is 19.5 Å². The lowest BCUT2D eigenvalue weighted by Crippen LogP contribution is -2.52. The number of rotatable bonds is 6. The highest BCUT2D eigenvalue weighted by Crippen LogP contribution is 2.40. The molecule has 0 radical (unpaired) electrons. The Morgan fingerprint density at radius 2 is 2.10 bits per heavy atom. The van der Waals surface area contributed by atoms with Crippen LogP contribution in [0.3, 0.4) is 0 Å². The highest BCUT2D eigenvalue weighted by molar-refractivity contribution is 6.05. The number of nitrogens with two attached hydrogens (primary N) is 1. The minimum absolute atomic E-state index is 0.0518. The number of nitrogen functional groups attached to an aromatic ring is 1. The van der Waals surface area contributed by atoms with Crippen molar-refractivity contribution in [1.29, 1.82) is 0 Å². The second-order valence-corrected chi connectivity index (χ2v) is 8.67. The van der Waals surface area contributed by atoms with Gasteiger partial charge in [0.2, 0.25) is 5.91 Å². The lowest BCUT2D eigenvalue weighted by molar-refractivity contribution is -0.117. The van der Waals surface area contributed by atoms with Gasteiger partial charge in [-0.2, -0.15) is 9.97 Å². The Balaban J connectivity index is 1.46. The molecule has 3 aliphatic rings. The second kappa shape index (κ2) is 8.34. The first-order chi connectivity index (χ1) is 15.1. The van der Waals surface area contributed by atoms with E-state index >= 15 is 0 Å². The van der Waals surface area contributed by atoms with Crippen LogP contribution in [-0.4, -0.2) is 46.5 Å². The molecule has 0 bridgehead atoms. The van der Waals surface area contributed by atoms with Gasteiger partial charge in [-0.1, -0.05) is 31.5 Å². The molecule has 5 rings (SSSR count). The molecule has 0 spiro atoms. The first-order valence-electron chi connectivity index (χ1n) is 11.3. The van der Waals surface area contributed by atoms with Gasteiger partial charge in [-0.15, -0.1) is 0 Å². The van der Waals surface area contributed by atoms with E-state index in [9.17, 15) is 4.79 Å². The maximum atomic E-state index is 13.0. The SMILES string of the molecule is CCCCOc1nc(N)c2c(n1)N1Cc3cccc(CN4CCCC4)c3CC1C(=O)N2. The lowest BCUT2D eigenvalue weighted by Gasteiger charge is -2.41. The van der Waals surface area contributed by atoms with Gasteiger partial charge in [0.15, 0.2) is 11.6 Å². The van der Waals surface area contributed by atoms with Crippen LogP contribution >= 0.6 is 0 Å². The van der Waals surface area contributed by atoms with E-state index in [4.69, 9.17) is 10.5 Å². The summed E-state index contributed by atoms with van der Waals surface area (Å²) < 4.78 is 5.72. The molecule has 2 aromatic rings. The van der Waals surface area contributed by atoms with E-state index in [0.717, 1.165) is 32.5 Å². The quantitative estimate of drug-likeness (QED) is 0.691. The zero-order valence-corrected chi connectivity index (χ0v) is 18.1. The number of carbonyl (C=O) groups excluding carboxylic acids is 1. The van der Waals surface area contributed by atoms with Crippen molar-refractivity contribution in [2.45, 2.75) is 58.2 Å². The monoisotopic (exact) mass is 422 g/mol. The topological polar surface area (TPSA) is 96.6 Å². The minimum Gasteiger partial charge on any atom is -0.463 e. The molecule has 1 aromatic carbocycles. The van der Waals surface area contributed by atoms with Gasteiger partial charge in [0.1, 0.15) is 11.7 Å². The van der Waals surface area contributed by atoms with E-state index in [1.165, 1.54) is 29.5 Å². The average molecular weight is 423 g/mol. The fraction of sp³-hybridized carbons (Fsp3) is 0.522. The number of anilines is 3. The van der Waals surface area contributed by atoms with E-state index in [-0.39, 0.29) is 23.8 Å². The third-order valence-corrected chi connectivity index (χ3v) is 6.53. The summed E-state index contributed by atoms with van der Waals surface area (Å²) in [6, 6.07) is 6.46. The van der Waals surface area contributed by atoms with Crippen molar-refractivity contribution in [3.63, 3.8) is 0 Å². The van der Waals surface area contributed by atoms with Crippen LogP contribution in [0.2, 0.25) is 0 Å². The van der Waals surface area contributed by atoms with Crippen LogP contribution in [0.4, 0.5) is 17.3 Å². The smallest absolute Gasteiger partial charge is 0.320 e. The molecule has 1 atom stereocenters. The highest BCUT2D eigenvalue weighted by Gasteiger charge is 2.40.